The zero-order valence-corrected chi connectivity index (χ0v) is 14.2. The van der Waals surface area contributed by atoms with E-state index >= 15 is 0 Å². The lowest BCUT2D eigenvalue weighted by molar-refractivity contribution is -0.117. The van der Waals surface area contributed by atoms with E-state index in [1.165, 1.54) is 0 Å². The maximum atomic E-state index is 12.2. The zero-order chi connectivity index (χ0) is 17.8. The van der Waals surface area contributed by atoms with Gasteiger partial charge in [0.2, 0.25) is 5.91 Å². The predicted octanol–water partition coefficient (Wildman–Crippen LogP) is 2.30. The van der Waals surface area contributed by atoms with Crippen LogP contribution in [-0.4, -0.2) is 34.4 Å². The summed E-state index contributed by atoms with van der Waals surface area (Å²) in [6.45, 7) is 2.49. The third-order valence-corrected chi connectivity index (χ3v) is 3.87. The molecule has 0 aliphatic carbocycles. The number of H-pyrrole nitrogens is 1. The van der Waals surface area contributed by atoms with E-state index in [2.05, 4.69) is 15.3 Å². The van der Waals surface area contributed by atoms with Gasteiger partial charge in [-0.25, -0.2) is 4.98 Å². The van der Waals surface area contributed by atoms with Crippen molar-refractivity contribution in [3.8, 4) is 0 Å². The van der Waals surface area contributed by atoms with Crippen LogP contribution in [-0.2, 0) is 11.3 Å². The highest BCUT2D eigenvalue weighted by molar-refractivity contribution is 5.91. The van der Waals surface area contributed by atoms with Gasteiger partial charge in [-0.15, -0.1) is 0 Å². The SMILES string of the molecule is Cc1ccnc(NC(=O)CN(C)Cc2cc3ccccc3[nH]c2=O)c1. The van der Waals surface area contributed by atoms with Crippen molar-refractivity contribution in [1.29, 1.82) is 0 Å². The first-order chi connectivity index (χ1) is 12.0. The molecule has 6 heteroatoms. The molecule has 0 aliphatic heterocycles. The van der Waals surface area contributed by atoms with Crippen LogP contribution in [0.5, 0.6) is 0 Å². The molecule has 0 saturated heterocycles. The topological polar surface area (TPSA) is 78.1 Å². The highest BCUT2D eigenvalue weighted by Crippen LogP contribution is 2.11. The molecule has 0 unspecified atom stereocenters. The Bertz CT molecular complexity index is 965. The molecule has 1 aromatic carbocycles. The Morgan fingerprint density at radius 3 is 2.84 bits per heavy atom. The number of carbonyl (C=O) groups is 1. The fourth-order valence-corrected chi connectivity index (χ4v) is 2.69. The molecule has 2 heterocycles. The van der Waals surface area contributed by atoms with Crippen LogP contribution in [0.1, 0.15) is 11.1 Å². The van der Waals surface area contributed by atoms with Crippen molar-refractivity contribution in [2.75, 3.05) is 18.9 Å². The van der Waals surface area contributed by atoms with Crippen LogP contribution in [0.4, 0.5) is 5.82 Å². The summed E-state index contributed by atoms with van der Waals surface area (Å²) in [5.41, 5.74) is 2.33. The quantitative estimate of drug-likeness (QED) is 0.749. The van der Waals surface area contributed by atoms with Gasteiger partial charge in [-0.2, -0.15) is 0 Å². The predicted molar refractivity (Wildman–Crippen MR) is 98.5 cm³/mol. The number of carbonyl (C=O) groups excluding carboxylic acids is 1. The Balaban J connectivity index is 1.66. The van der Waals surface area contributed by atoms with Gasteiger partial charge in [-0.1, -0.05) is 18.2 Å². The number of amides is 1. The highest BCUT2D eigenvalue weighted by atomic mass is 16.2. The Kier molecular flexibility index (Phi) is 4.90. The number of aromatic amines is 1. The Labute approximate surface area is 145 Å². The lowest BCUT2D eigenvalue weighted by Gasteiger charge is -2.16. The molecule has 3 aromatic rings. The molecule has 1 amide bonds. The lowest BCUT2D eigenvalue weighted by atomic mass is 10.1. The van der Waals surface area contributed by atoms with E-state index in [4.69, 9.17) is 0 Å². The van der Waals surface area contributed by atoms with Gasteiger partial charge in [0.1, 0.15) is 5.82 Å². The van der Waals surface area contributed by atoms with Crippen molar-refractivity contribution in [2.45, 2.75) is 13.5 Å². The largest absolute Gasteiger partial charge is 0.322 e. The second-order valence-corrected chi connectivity index (χ2v) is 6.15. The van der Waals surface area contributed by atoms with Crippen LogP contribution in [0.15, 0.2) is 53.5 Å². The molecular weight excluding hydrogens is 316 g/mol. The Morgan fingerprint density at radius 1 is 1.24 bits per heavy atom. The average molecular weight is 336 g/mol. The maximum Gasteiger partial charge on any atom is 0.252 e. The van der Waals surface area contributed by atoms with E-state index in [9.17, 15) is 9.59 Å². The summed E-state index contributed by atoms with van der Waals surface area (Å²) in [5, 5.41) is 3.74. The van der Waals surface area contributed by atoms with Crippen LogP contribution in [0.2, 0.25) is 0 Å². The van der Waals surface area contributed by atoms with E-state index < -0.39 is 0 Å². The molecule has 25 heavy (non-hydrogen) atoms. The normalized spacial score (nSPS) is 11.0. The van der Waals surface area contributed by atoms with Crippen molar-refractivity contribution < 1.29 is 4.79 Å². The molecule has 0 bridgehead atoms. The molecule has 6 nitrogen and oxygen atoms in total. The van der Waals surface area contributed by atoms with E-state index in [-0.39, 0.29) is 18.0 Å². The summed E-state index contributed by atoms with van der Waals surface area (Å²) in [4.78, 5) is 33.1. The van der Waals surface area contributed by atoms with Crippen molar-refractivity contribution in [3.05, 3.63) is 70.1 Å². The second kappa shape index (κ2) is 7.27. The van der Waals surface area contributed by atoms with Gasteiger partial charge < -0.3 is 10.3 Å². The summed E-state index contributed by atoms with van der Waals surface area (Å²) in [6, 6.07) is 13.2. The molecule has 2 aromatic heterocycles. The van der Waals surface area contributed by atoms with Gasteiger partial charge in [0, 0.05) is 23.8 Å². The number of hydrogen-bond donors (Lipinski definition) is 2. The summed E-state index contributed by atoms with van der Waals surface area (Å²) < 4.78 is 0. The number of para-hydroxylation sites is 1. The summed E-state index contributed by atoms with van der Waals surface area (Å²) >= 11 is 0. The first-order valence-corrected chi connectivity index (χ1v) is 8.03. The van der Waals surface area contributed by atoms with Crippen LogP contribution in [0.25, 0.3) is 10.9 Å². The van der Waals surface area contributed by atoms with E-state index in [1.807, 2.05) is 49.4 Å². The number of rotatable bonds is 5. The molecular formula is C19H20N4O2. The third kappa shape index (κ3) is 4.30. The van der Waals surface area contributed by atoms with Crippen LogP contribution >= 0.6 is 0 Å². The number of nitrogens with one attached hydrogen (secondary N) is 2. The Hall–Kier alpha value is -2.99. The smallest absolute Gasteiger partial charge is 0.252 e. The monoisotopic (exact) mass is 336 g/mol. The molecule has 0 atom stereocenters. The van der Waals surface area contributed by atoms with Gasteiger partial charge in [0.05, 0.1) is 6.54 Å². The van der Waals surface area contributed by atoms with Gasteiger partial charge in [0.15, 0.2) is 0 Å². The molecule has 0 spiro atoms. The second-order valence-electron chi connectivity index (χ2n) is 6.15. The first-order valence-electron chi connectivity index (χ1n) is 8.03. The van der Waals surface area contributed by atoms with Crippen molar-refractivity contribution in [2.24, 2.45) is 0 Å². The number of hydrogen-bond acceptors (Lipinski definition) is 4. The van der Waals surface area contributed by atoms with Gasteiger partial charge in [-0.3, -0.25) is 14.5 Å². The third-order valence-electron chi connectivity index (χ3n) is 3.87. The minimum atomic E-state index is -0.169. The number of anilines is 1. The molecule has 128 valence electrons. The van der Waals surface area contributed by atoms with Gasteiger partial charge in [0.25, 0.3) is 5.56 Å². The fourth-order valence-electron chi connectivity index (χ4n) is 2.69. The summed E-state index contributed by atoms with van der Waals surface area (Å²) in [6.07, 6.45) is 1.66. The highest BCUT2D eigenvalue weighted by Gasteiger charge is 2.11. The number of aromatic nitrogens is 2. The maximum absolute atomic E-state index is 12.2. The zero-order valence-electron chi connectivity index (χ0n) is 14.2. The van der Waals surface area contributed by atoms with Crippen molar-refractivity contribution in [1.82, 2.24) is 14.9 Å². The molecule has 3 rings (SSSR count). The van der Waals surface area contributed by atoms with Gasteiger partial charge in [-0.05, 0) is 49.2 Å². The molecule has 0 saturated carbocycles. The number of benzene rings is 1. The molecule has 0 radical (unpaired) electrons. The van der Waals surface area contributed by atoms with E-state index in [1.54, 1.807) is 18.1 Å². The molecule has 2 N–H and O–H groups in total. The summed E-state index contributed by atoms with van der Waals surface area (Å²) in [5.74, 6) is 0.361. The van der Waals surface area contributed by atoms with E-state index in [0.717, 1.165) is 16.5 Å². The number of likely N-dealkylation sites (N-methyl/N-ethyl adjacent to an activating group) is 1. The standard InChI is InChI=1S/C19H20N4O2/c1-13-7-8-20-17(9-13)22-18(24)12-23(2)11-15-10-14-5-3-4-6-16(14)21-19(15)25/h3-10H,11-12H2,1-2H3,(H,21,25)(H,20,22,24). The van der Waals surface area contributed by atoms with E-state index in [0.29, 0.717) is 17.9 Å². The fraction of sp³-hybridized carbons (Fsp3) is 0.211. The van der Waals surface area contributed by atoms with Crippen LogP contribution in [0, 0.1) is 6.92 Å². The van der Waals surface area contributed by atoms with Crippen LogP contribution in [0.3, 0.4) is 0 Å². The summed E-state index contributed by atoms with van der Waals surface area (Å²) in [7, 11) is 1.80. The average Bonchev–Trinajstić information content (AvgIpc) is 2.55. The molecule has 0 fully saturated rings. The van der Waals surface area contributed by atoms with Crippen molar-refractivity contribution in [3.63, 3.8) is 0 Å². The first kappa shape index (κ1) is 16.9. The van der Waals surface area contributed by atoms with Gasteiger partial charge >= 0.3 is 0 Å². The molecule has 0 aliphatic rings. The Morgan fingerprint density at radius 2 is 2.04 bits per heavy atom. The number of pyridine rings is 2. The number of nitrogens with zero attached hydrogens (tertiary/aromatic N) is 2. The lowest BCUT2D eigenvalue weighted by Crippen LogP contribution is -2.31. The van der Waals surface area contributed by atoms with Crippen molar-refractivity contribution >= 4 is 22.6 Å². The minimum Gasteiger partial charge on any atom is -0.322 e. The number of aryl methyl sites for hydroxylation is 1. The van der Waals surface area contributed by atoms with Crippen LogP contribution < -0.4 is 10.9 Å². The number of fused-ring (bicyclic) bond motifs is 1. The minimum absolute atomic E-state index is 0.133.